The van der Waals surface area contributed by atoms with Crippen molar-refractivity contribution in [1.29, 1.82) is 0 Å². The predicted molar refractivity (Wildman–Crippen MR) is 83.9 cm³/mol. The maximum atomic E-state index is 12.1. The summed E-state index contributed by atoms with van der Waals surface area (Å²) in [6.07, 6.45) is 8.34. The van der Waals surface area contributed by atoms with Crippen LogP contribution in [-0.2, 0) is 11.2 Å². The summed E-state index contributed by atoms with van der Waals surface area (Å²) in [4.78, 5) is 12.1. The third-order valence-electron chi connectivity index (χ3n) is 3.92. The highest BCUT2D eigenvalue weighted by molar-refractivity contribution is 5.87. The van der Waals surface area contributed by atoms with E-state index in [2.05, 4.69) is 23.6 Å². The van der Waals surface area contributed by atoms with Gasteiger partial charge in [0.15, 0.2) is 0 Å². The Morgan fingerprint density at radius 2 is 1.95 bits per heavy atom. The van der Waals surface area contributed by atoms with Gasteiger partial charge < -0.3 is 10.6 Å². The van der Waals surface area contributed by atoms with Gasteiger partial charge in [-0.1, -0.05) is 57.2 Å². The summed E-state index contributed by atoms with van der Waals surface area (Å²) in [5.74, 6) is 0.134. The summed E-state index contributed by atoms with van der Waals surface area (Å²) < 4.78 is 0. The molecule has 20 heavy (non-hydrogen) atoms. The van der Waals surface area contributed by atoms with E-state index in [0.717, 1.165) is 25.1 Å². The molecule has 2 rings (SSSR count). The van der Waals surface area contributed by atoms with Gasteiger partial charge in [-0.3, -0.25) is 4.79 Å². The van der Waals surface area contributed by atoms with E-state index in [1.54, 1.807) is 0 Å². The van der Waals surface area contributed by atoms with Crippen molar-refractivity contribution >= 4 is 11.6 Å². The van der Waals surface area contributed by atoms with Crippen molar-refractivity contribution in [2.45, 2.75) is 57.9 Å². The van der Waals surface area contributed by atoms with Gasteiger partial charge in [-0.15, -0.1) is 0 Å². The molecule has 3 nitrogen and oxygen atoms in total. The molecule has 1 unspecified atom stereocenters. The van der Waals surface area contributed by atoms with Gasteiger partial charge in [-0.05, 0) is 18.1 Å². The second-order valence-corrected chi connectivity index (χ2v) is 5.62. The van der Waals surface area contributed by atoms with Gasteiger partial charge in [0, 0.05) is 18.7 Å². The van der Waals surface area contributed by atoms with Gasteiger partial charge >= 0.3 is 0 Å². The van der Waals surface area contributed by atoms with Crippen LogP contribution in [0.1, 0.15) is 51.0 Å². The summed E-state index contributed by atoms with van der Waals surface area (Å²) in [5, 5.41) is 6.34. The van der Waals surface area contributed by atoms with Crippen LogP contribution in [0.25, 0.3) is 0 Å². The van der Waals surface area contributed by atoms with Crippen molar-refractivity contribution in [2.24, 2.45) is 0 Å². The Kier molecular flexibility index (Phi) is 5.90. The van der Waals surface area contributed by atoms with Crippen molar-refractivity contribution < 1.29 is 4.79 Å². The van der Waals surface area contributed by atoms with Crippen molar-refractivity contribution in [3.63, 3.8) is 0 Å². The molecule has 1 atom stereocenters. The van der Waals surface area contributed by atoms with E-state index in [0.29, 0.717) is 0 Å². The molecule has 1 amide bonds. The lowest BCUT2D eigenvalue weighted by molar-refractivity contribution is -0.121. The Morgan fingerprint density at radius 1 is 1.20 bits per heavy atom. The van der Waals surface area contributed by atoms with E-state index in [1.165, 1.54) is 37.7 Å². The van der Waals surface area contributed by atoms with Gasteiger partial charge in [0.25, 0.3) is 0 Å². The lowest BCUT2D eigenvalue weighted by Gasteiger charge is -2.11. The molecule has 0 aromatic heterocycles. The minimum atomic E-state index is -0.0903. The van der Waals surface area contributed by atoms with Crippen LogP contribution in [0.15, 0.2) is 24.3 Å². The van der Waals surface area contributed by atoms with Crippen molar-refractivity contribution in [1.82, 2.24) is 5.32 Å². The van der Waals surface area contributed by atoms with Gasteiger partial charge in [0.1, 0.15) is 6.04 Å². The molecular weight excluding hydrogens is 248 g/mol. The lowest BCUT2D eigenvalue weighted by Crippen LogP contribution is -2.38. The highest BCUT2D eigenvalue weighted by Crippen LogP contribution is 2.24. The predicted octanol–water partition coefficient (Wildman–Crippen LogP) is 3.50. The zero-order chi connectivity index (χ0) is 14.2. The third kappa shape index (κ3) is 4.26. The molecule has 1 aromatic rings. The highest BCUT2D eigenvalue weighted by atomic mass is 16.2. The molecule has 1 heterocycles. The van der Waals surface area contributed by atoms with Crippen LogP contribution in [0.4, 0.5) is 5.69 Å². The molecule has 0 aliphatic carbocycles. The molecule has 1 aliphatic heterocycles. The largest absolute Gasteiger partial charge is 0.373 e. The summed E-state index contributed by atoms with van der Waals surface area (Å²) >= 11 is 0. The first-order valence-electron chi connectivity index (χ1n) is 7.93. The van der Waals surface area contributed by atoms with Crippen molar-refractivity contribution in [3.8, 4) is 0 Å². The highest BCUT2D eigenvalue weighted by Gasteiger charge is 2.25. The SMILES string of the molecule is CCCCCCCCNC(=O)C1Cc2ccccc2N1. The molecule has 0 saturated heterocycles. The van der Waals surface area contributed by atoms with Gasteiger partial charge in [0.05, 0.1) is 0 Å². The minimum Gasteiger partial charge on any atom is -0.373 e. The normalized spacial score (nSPS) is 16.6. The van der Waals surface area contributed by atoms with E-state index in [9.17, 15) is 4.79 Å². The van der Waals surface area contributed by atoms with E-state index < -0.39 is 0 Å². The fourth-order valence-corrected chi connectivity index (χ4v) is 2.70. The van der Waals surface area contributed by atoms with Gasteiger partial charge in [0.2, 0.25) is 5.91 Å². The smallest absolute Gasteiger partial charge is 0.242 e. The number of benzene rings is 1. The van der Waals surface area contributed by atoms with Crippen LogP contribution < -0.4 is 10.6 Å². The number of fused-ring (bicyclic) bond motifs is 1. The monoisotopic (exact) mass is 274 g/mol. The molecule has 1 aliphatic rings. The Balaban J connectivity index is 1.60. The van der Waals surface area contributed by atoms with Crippen LogP contribution in [-0.4, -0.2) is 18.5 Å². The Bertz CT molecular complexity index is 406. The van der Waals surface area contributed by atoms with Gasteiger partial charge in [-0.2, -0.15) is 0 Å². The molecule has 2 N–H and O–H groups in total. The number of amides is 1. The summed E-state index contributed by atoms with van der Waals surface area (Å²) in [6.45, 7) is 3.03. The number of nitrogens with one attached hydrogen (secondary N) is 2. The summed E-state index contributed by atoms with van der Waals surface area (Å²) in [6, 6.07) is 8.06. The summed E-state index contributed by atoms with van der Waals surface area (Å²) in [7, 11) is 0. The number of anilines is 1. The number of hydrogen-bond acceptors (Lipinski definition) is 2. The maximum absolute atomic E-state index is 12.1. The number of carbonyl (C=O) groups excluding carboxylic acids is 1. The zero-order valence-electron chi connectivity index (χ0n) is 12.5. The first kappa shape index (κ1) is 14.9. The maximum Gasteiger partial charge on any atom is 0.242 e. The van der Waals surface area contributed by atoms with E-state index in [4.69, 9.17) is 0 Å². The number of rotatable bonds is 8. The molecule has 1 aromatic carbocycles. The molecule has 3 heteroatoms. The lowest BCUT2D eigenvalue weighted by atomic mass is 10.1. The van der Waals surface area contributed by atoms with Crippen LogP contribution >= 0.6 is 0 Å². The molecule has 110 valence electrons. The molecular formula is C17H26N2O. The van der Waals surface area contributed by atoms with Crippen LogP contribution in [0.5, 0.6) is 0 Å². The third-order valence-corrected chi connectivity index (χ3v) is 3.92. The van der Waals surface area contributed by atoms with E-state index >= 15 is 0 Å². The number of hydrogen-bond donors (Lipinski definition) is 2. The number of para-hydroxylation sites is 1. The zero-order valence-corrected chi connectivity index (χ0v) is 12.5. The minimum absolute atomic E-state index is 0.0903. The molecule has 0 bridgehead atoms. The molecule has 0 fully saturated rings. The molecule has 0 radical (unpaired) electrons. The summed E-state index contributed by atoms with van der Waals surface area (Å²) in [5.41, 5.74) is 2.35. The van der Waals surface area contributed by atoms with Crippen molar-refractivity contribution in [3.05, 3.63) is 29.8 Å². The van der Waals surface area contributed by atoms with Crippen LogP contribution in [0, 0.1) is 0 Å². The molecule has 0 saturated carbocycles. The first-order valence-corrected chi connectivity index (χ1v) is 7.93. The molecule has 0 spiro atoms. The number of unbranched alkanes of at least 4 members (excludes halogenated alkanes) is 5. The average Bonchev–Trinajstić information content (AvgIpc) is 2.90. The Labute approximate surface area is 122 Å². The van der Waals surface area contributed by atoms with Crippen LogP contribution in [0.3, 0.4) is 0 Å². The van der Waals surface area contributed by atoms with Crippen molar-refractivity contribution in [2.75, 3.05) is 11.9 Å². The first-order chi connectivity index (χ1) is 9.81. The Hall–Kier alpha value is -1.51. The fraction of sp³-hybridized carbons (Fsp3) is 0.588. The fourth-order valence-electron chi connectivity index (χ4n) is 2.70. The average molecular weight is 274 g/mol. The van der Waals surface area contributed by atoms with Crippen LogP contribution in [0.2, 0.25) is 0 Å². The quantitative estimate of drug-likeness (QED) is 0.712. The number of carbonyl (C=O) groups is 1. The standard InChI is InChI=1S/C17H26N2O/c1-2-3-4-5-6-9-12-18-17(20)16-13-14-10-7-8-11-15(14)19-16/h7-8,10-11,16,19H,2-6,9,12-13H2,1H3,(H,18,20). The topological polar surface area (TPSA) is 41.1 Å². The second kappa shape index (κ2) is 7.93. The van der Waals surface area contributed by atoms with E-state index in [-0.39, 0.29) is 11.9 Å². The Morgan fingerprint density at radius 3 is 2.75 bits per heavy atom. The van der Waals surface area contributed by atoms with E-state index in [1.807, 2.05) is 18.2 Å². The van der Waals surface area contributed by atoms with Gasteiger partial charge in [-0.25, -0.2) is 0 Å². The second-order valence-electron chi connectivity index (χ2n) is 5.62.